The van der Waals surface area contributed by atoms with Crippen molar-refractivity contribution in [2.24, 2.45) is 0 Å². The first kappa shape index (κ1) is 37.1. The summed E-state index contributed by atoms with van der Waals surface area (Å²) in [6, 6.07) is 93.6. The lowest BCUT2D eigenvalue weighted by atomic mass is 9.69. The zero-order valence-corrected chi connectivity index (χ0v) is 35.6. The van der Waals surface area contributed by atoms with Crippen molar-refractivity contribution in [3.63, 3.8) is 0 Å². The molecule has 0 bridgehead atoms. The summed E-state index contributed by atoms with van der Waals surface area (Å²) >= 11 is 0. The van der Waals surface area contributed by atoms with Gasteiger partial charge in [-0.1, -0.05) is 176 Å². The molecule has 2 aliphatic carbocycles. The lowest BCUT2D eigenvalue weighted by Gasteiger charge is -2.33. The maximum atomic E-state index is 2.50. The van der Waals surface area contributed by atoms with Crippen LogP contribution in [0.4, 0.5) is 34.1 Å². The number of rotatable bonds is 7. The fourth-order valence-corrected chi connectivity index (χ4v) is 11.2. The highest BCUT2D eigenvalue weighted by Crippen LogP contribution is 2.66. The Hall–Kier alpha value is -8.46. The standard InChI is InChI=1S/C63H42N2/c1-5-19-45(20-6-1)64(46-21-7-2-8-22-46)49-36-33-43(34-37-49)44-35-39-55-57(41-44)51-27-13-14-30-54(51)61-56-40-38-50(65(47-23-9-3-10-24-47)48-25-11-4-12-26-48)42-60(56)63(62(55)61)58-31-17-15-28-52(58)53-29-16-18-32-59(53)63/h1-42H. The predicted molar refractivity (Wildman–Crippen MR) is 273 cm³/mol. The molecule has 0 N–H and O–H groups in total. The number of hydrogen-bond acceptors (Lipinski definition) is 2. The Morgan fingerprint density at radius 1 is 0.246 bits per heavy atom. The van der Waals surface area contributed by atoms with E-state index in [0.29, 0.717) is 0 Å². The van der Waals surface area contributed by atoms with Crippen LogP contribution in [-0.4, -0.2) is 0 Å². The van der Waals surface area contributed by atoms with Crippen molar-refractivity contribution in [3.05, 3.63) is 277 Å². The molecular weight excluding hydrogens is 785 g/mol. The van der Waals surface area contributed by atoms with Crippen molar-refractivity contribution in [2.75, 3.05) is 9.80 Å². The molecule has 0 heterocycles. The Morgan fingerprint density at radius 2 is 0.677 bits per heavy atom. The fourth-order valence-electron chi connectivity index (χ4n) is 11.2. The quantitative estimate of drug-likeness (QED) is 0.148. The van der Waals surface area contributed by atoms with E-state index in [1.54, 1.807) is 0 Å². The Kier molecular flexibility index (Phi) is 8.47. The lowest BCUT2D eigenvalue weighted by molar-refractivity contribution is 0.801. The first-order chi connectivity index (χ1) is 32.3. The third-order valence-electron chi connectivity index (χ3n) is 13.8. The van der Waals surface area contributed by atoms with E-state index in [0.717, 1.165) is 34.1 Å². The van der Waals surface area contributed by atoms with Crippen LogP contribution < -0.4 is 9.80 Å². The lowest BCUT2D eigenvalue weighted by Crippen LogP contribution is -2.26. The molecule has 2 aliphatic rings. The number of benzene rings is 11. The first-order valence-corrected chi connectivity index (χ1v) is 22.5. The predicted octanol–water partition coefficient (Wildman–Crippen LogP) is 16.9. The first-order valence-electron chi connectivity index (χ1n) is 22.5. The van der Waals surface area contributed by atoms with E-state index in [1.807, 2.05) is 0 Å². The van der Waals surface area contributed by atoms with Crippen molar-refractivity contribution in [2.45, 2.75) is 5.41 Å². The maximum absolute atomic E-state index is 2.50. The minimum atomic E-state index is -0.559. The van der Waals surface area contributed by atoms with Crippen molar-refractivity contribution in [3.8, 4) is 33.4 Å². The van der Waals surface area contributed by atoms with Gasteiger partial charge in [-0.15, -0.1) is 0 Å². The molecule has 13 rings (SSSR count). The van der Waals surface area contributed by atoms with Gasteiger partial charge in [0, 0.05) is 34.1 Å². The molecule has 2 heteroatoms. The SMILES string of the molecule is c1ccc(N(c2ccccc2)c2ccc(-c3ccc4c5c(c6ccccc6c4c3)-c3ccc(N(c4ccccc4)c4ccccc4)cc3C53c4ccccc4-c4ccccc43)cc2)cc1. The summed E-state index contributed by atoms with van der Waals surface area (Å²) in [5, 5.41) is 5.09. The van der Waals surface area contributed by atoms with Gasteiger partial charge in [-0.3, -0.25) is 0 Å². The Bertz CT molecular complexity index is 3460. The van der Waals surface area contributed by atoms with Crippen molar-refractivity contribution < 1.29 is 0 Å². The van der Waals surface area contributed by atoms with Gasteiger partial charge >= 0.3 is 0 Å². The van der Waals surface area contributed by atoms with Gasteiger partial charge in [-0.2, -0.15) is 0 Å². The Morgan fingerprint density at radius 3 is 1.23 bits per heavy atom. The van der Waals surface area contributed by atoms with Crippen LogP contribution in [0.2, 0.25) is 0 Å². The second-order valence-corrected chi connectivity index (χ2v) is 17.2. The number of fused-ring (bicyclic) bond motifs is 15. The fraction of sp³-hybridized carbons (Fsp3) is 0.0159. The molecule has 0 aliphatic heterocycles. The van der Waals surface area contributed by atoms with Crippen LogP contribution in [-0.2, 0) is 5.41 Å². The van der Waals surface area contributed by atoms with Gasteiger partial charge in [0.05, 0.1) is 5.41 Å². The summed E-state index contributed by atoms with van der Waals surface area (Å²) in [4.78, 5) is 4.72. The summed E-state index contributed by atoms with van der Waals surface area (Å²) in [7, 11) is 0. The van der Waals surface area contributed by atoms with Crippen LogP contribution in [0, 0.1) is 0 Å². The molecule has 65 heavy (non-hydrogen) atoms. The van der Waals surface area contributed by atoms with Crippen molar-refractivity contribution in [1.82, 2.24) is 0 Å². The molecule has 11 aromatic rings. The van der Waals surface area contributed by atoms with E-state index in [9.17, 15) is 0 Å². The van der Waals surface area contributed by atoms with E-state index in [2.05, 4.69) is 265 Å². The van der Waals surface area contributed by atoms with Gasteiger partial charge in [0.25, 0.3) is 0 Å². The molecule has 0 aromatic heterocycles. The van der Waals surface area contributed by atoms with Crippen LogP contribution in [0.5, 0.6) is 0 Å². The molecule has 0 amide bonds. The Labute approximate surface area is 379 Å². The van der Waals surface area contributed by atoms with Crippen LogP contribution in [0.25, 0.3) is 54.9 Å². The van der Waals surface area contributed by atoms with E-state index in [1.165, 1.54) is 77.2 Å². The zero-order valence-electron chi connectivity index (χ0n) is 35.6. The highest BCUT2D eigenvalue weighted by Gasteiger charge is 2.53. The summed E-state index contributed by atoms with van der Waals surface area (Å²) in [6.45, 7) is 0. The summed E-state index contributed by atoms with van der Waals surface area (Å²) in [6.07, 6.45) is 0. The average molecular weight is 827 g/mol. The van der Waals surface area contributed by atoms with Crippen molar-refractivity contribution >= 4 is 55.7 Å². The summed E-state index contributed by atoms with van der Waals surface area (Å²) < 4.78 is 0. The topological polar surface area (TPSA) is 6.48 Å². The smallest absolute Gasteiger partial charge is 0.0732 e. The van der Waals surface area contributed by atoms with E-state index in [4.69, 9.17) is 0 Å². The third-order valence-corrected chi connectivity index (χ3v) is 13.8. The number of anilines is 6. The molecule has 0 atom stereocenters. The minimum Gasteiger partial charge on any atom is -0.311 e. The van der Waals surface area contributed by atoms with Crippen molar-refractivity contribution in [1.29, 1.82) is 0 Å². The maximum Gasteiger partial charge on any atom is 0.0732 e. The molecule has 0 radical (unpaired) electrons. The second kappa shape index (κ2) is 14.8. The van der Waals surface area contributed by atoms with Crippen LogP contribution >= 0.6 is 0 Å². The minimum absolute atomic E-state index is 0.559. The van der Waals surface area contributed by atoms with Gasteiger partial charge in [0.1, 0.15) is 0 Å². The average Bonchev–Trinajstić information content (AvgIpc) is 3.86. The van der Waals surface area contributed by atoms with Crippen LogP contribution in [0.1, 0.15) is 22.3 Å². The van der Waals surface area contributed by atoms with Gasteiger partial charge in [-0.05, 0) is 156 Å². The molecule has 0 fully saturated rings. The molecule has 0 saturated carbocycles. The molecule has 11 aromatic carbocycles. The van der Waals surface area contributed by atoms with Crippen LogP contribution in [0.15, 0.2) is 255 Å². The van der Waals surface area contributed by atoms with Gasteiger partial charge < -0.3 is 9.80 Å². The number of nitrogens with zero attached hydrogens (tertiary/aromatic N) is 2. The van der Waals surface area contributed by atoms with Gasteiger partial charge in [0.2, 0.25) is 0 Å². The van der Waals surface area contributed by atoms with Gasteiger partial charge in [0.15, 0.2) is 0 Å². The number of para-hydroxylation sites is 4. The second-order valence-electron chi connectivity index (χ2n) is 17.2. The normalized spacial score (nSPS) is 12.7. The van der Waals surface area contributed by atoms with E-state index < -0.39 is 5.41 Å². The van der Waals surface area contributed by atoms with Crippen LogP contribution in [0.3, 0.4) is 0 Å². The highest BCUT2D eigenvalue weighted by atomic mass is 15.1. The molecule has 2 nitrogen and oxygen atoms in total. The third kappa shape index (κ3) is 5.60. The zero-order chi connectivity index (χ0) is 42.9. The molecule has 0 saturated heterocycles. The molecule has 304 valence electrons. The summed E-state index contributed by atoms with van der Waals surface area (Å²) in [5.74, 6) is 0. The highest BCUT2D eigenvalue weighted by molar-refractivity contribution is 6.20. The molecular formula is C63H42N2. The molecule has 0 unspecified atom stereocenters. The largest absolute Gasteiger partial charge is 0.311 e. The van der Waals surface area contributed by atoms with E-state index >= 15 is 0 Å². The van der Waals surface area contributed by atoms with E-state index in [-0.39, 0.29) is 0 Å². The molecule has 1 spiro atoms. The Balaban J connectivity index is 1.05. The number of hydrogen-bond donors (Lipinski definition) is 0. The summed E-state index contributed by atoms with van der Waals surface area (Å²) in [5.41, 5.74) is 19.1. The monoisotopic (exact) mass is 826 g/mol. The van der Waals surface area contributed by atoms with Gasteiger partial charge in [-0.25, -0.2) is 0 Å².